The molecule has 0 aromatic heterocycles. The van der Waals surface area contributed by atoms with E-state index < -0.39 is 0 Å². The molecule has 0 spiro atoms. The molecule has 1 unspecified atom stereocenters. The molecule has 1 heterocycles. The Hall–Kier alpha value is -1.02. The van der Waals surface area contributed by atoms with E-state index in [1.54, 1.807) is 0 Å². The van der Waals surface area contributed by atoms with Gasteiger partial charge in [-0.15, -0.1) is 0 Å². The van der Waals surface area contributed by atoms with E-state index in [1.165, 1.54) is 30.5 Å². The van der Waals surface area contributed by atoms with Gasteiger partial charge in [-0.1, -0.05) is 12.1 Å². The number of hydrogen-bond donors (Lipinski definition) is 1. The van der Waals surface area contributed by atoms with E-state index in [9.17, 15) is 0 Å². The molecule has 88 valence electrons. The molecule has 1 aliphatic heterocycles. The molecule has 16 heavy (non-hydrogen) atoms. The van der Waals surface area contributed by atoms with Gasteiger partial charge < -0.3 is 10.1 Å². The average Bonchev–Trinajstić information content (AvgIpc) is 2.76. The summed E-state index contributed by atoms with van der Waals surface area (Å²) in [6.07, 6.45) is 3.73. The van der Waals surface area contributed by atoms with Crippen molar-refractivity contribution in [2.75, 3.05) is 13.2 Å². The fourth-order valence-electron chi connectivity index (χ4n) is 2.18. The van der Waals surface area contributed by atoms with Crippen molar-refractivity contribution in [3.63, 3.8) is 0 Å². The van der Waals surface area contributed by atoms with E-state index in [1.807, 2.05) is 0 Å². The molecule has 2 rings (SSSR count). The third kappa shape index (κ3) is 2.99. The van der Waals surface area contributed by atoms with Gasteiger partial charge in [0.2, 0.25) is 0 Å². The second-order valence-electron chi connectivity index (χ2n) is 4.70. The monoisotopic (exact) mass is 219 g/mol. The molecule has 2 nitrogen and oxygen atoms in total. The molecule has 1 fully saturated rings. The van der Waals surface area contributed by atoms with Crippen molar-refractivity contribution < 1.29 is 4.74 Å². The highest BCUT2D eigenvalue weighted by atomic mass is 16.5. The van der Waals surface area contributed by atoms with Gasteiger partial charge in [-0.3, -0.25) is 0 Å². The zero-order chi connectivity index (χ0) is 11.4. The zero-order valence-corrected chi connectivity index (χ0v) is 10.3. The van der Waals surface area contributed by atoms with Crippen molar-refractivity contribution in [2.45, 2.75) is 39.2 Å². The van der Waals surface area contributed by atoms with Crippen molar-refractivity contribution >= 4 is 0 Å². The predicted molar refractivity (Wildman–Crippen MR) is 67.1 cm³/mol. The quantitative estimate of drug-likeness (QED) is 0.840. The van der Waals surface area contributed by atoms with Gasteiger partial charge in [-0.25, -0.2) is 0 Å². The molecular weight excluding hydrogens is 198 g/mol. The molecule has 0 bridgehead atoms. The number of hydrogen-bond acceptors (Lipinski definition) is 2. The van der Waals surface area contributed by atoms with Gasteiger partial charge in [0.25, 0.3) is 0 Å². The Bertz CT molecular complexity index is 343. The molecule has 2 heteroatoms. The fraction of sp³-hybridized carbons (Fsp3) is 0.571. The number of ether oxygens (including phenoxy) is 1. The number of nitrogens with one attached hydrogen (secondary N) is 1. The van der Waals surface area contributed by atoms with Crippen LogP contribution < -0.4 is 10.1 Å². The average molecular weight is 219 g/mol. The lowest BCUT2D eigenvalue weighted by molar-refractivity contribution is 0.290. The van der Waals surface area contributed by atoms with Crippen LogP contribution >= 0.6 is 0 Å². The lowest BCUT2D eigenvalue weighted by Gasteiger charge is -2.13. The first kappa shape index (κ1) is 11.5. The Kier molecular flexibility index (Phi) is 3.83. The summed E-state index contributed by atoms with van der Waals surface area (Å²) in [5, 5.41) is 3.49. The Morgan fingerprint density at radius 3 is 3.00 bits per heavy atom. The Balaban J connectivity index is 1.82. The maximum atomic E-state index is 5.84. The molecule has 1 saturated heterocycles. The fourth-order valence-corrected chi connectivity index (χ4v) is 2.18. The molecule has 1 aromatic carbocycles. The summed E-state index contributed by atoms with van der Waals surface area (Å²) in [6, 6.07) is 7.04. The SMILES string of the molecule is Cc1ccc(C)c(OCCC2CCCN2)c1. The van der Waals surface area contributed by atoms with E-state index in [0.717, 1.165) is 18.8 Å². The maximum absolute atomic E-state index is 5.84. The van der Waals surface area contributed by atoms with Crippen molar-refractivity contribution in [3.8, 4) is 5.75 Å². The predicted octanol–water partition coefficient (Wildman–Crippen LogP) is 2.82. The summed E-state index contributed by atoms with van der Waals surface area (Å²) in [6.45, 7) is 6.20. The van der Waals surface area contributed by atoms with E-state index in [4.69, 9.17) is 4.74 Å². The van der Waals surface area contributed by atoms with Crippen LogP contribution in [-0.4, -0.2) is 19.2 Å². The van der Waals surface area contributed by atoms with Crippen LogP contribution in [-0.2, 0) is 0 Å². The molecule has 0 amide bonds. The highest BCUT2D eigenvalue weighted by Crippen LogP contribution is 2.19. The number of rotatable bonds is 4. The van der Waals surface area contributed by atoms with Crippen molar-refractivity contribution in [1.82, 2.24) is 5.32 Å². The highest BCUT2D eigenvalue weighted by molar-refractivity contribution is 5.35. The van der Waals surface area contributed by atoms with Gasteiger partial charge in [0, 0.05) is 6.04 Å². The minimum Gasteiger partial charge on any atom is -0.493 e. The van der Waals surface area contributed by atoms with Gasteiger partial charge in [-0.05, 0) is 56.8 Å². The maximum Gasteiger partial charge on any atom is 0.122 e. The van der Waals surface area contributed by atoms with Gasteiger partial charge in [0.15, 0.2) is 0 Å². The summed E-state index contributed by atoms with van der Waals surface area (Å²) in [5.74, 6) is 1.04. The molecular formula is C14H21NO. The zero-order valence-electron chi connectivity index (χ0n) is 10.3. The van der Waals surface area contributed by atoms with E-state index in [-0.39, 0.29) is 0 Å². The first-order valence-electron chi connectivity index (χ1n) is 6.19. The summed E-state index contributed by atoms with van der Waals surface area (Å²) < 4.78 is 5.84. The highest BCUT2D eigenvalue weighted by Gasteiger charge is 2.13. The molecule has 1 aliphatic rings. The first-order chi connectivity index (χ1) is 7.75. The summed E-state index contributed by atoms with van der Waals surface area (Å²) in [5.41, 5.74) is 2.49. The Morgan fingerprint density at radius 2 is 2.25 bits per heavy atom. The van der Waals surface area contributed by atoms with Crippen molar-refractivity contribution in [3.05, 3.63) is 29.3 Å². The smallest absolute Gasteiger partial charge is 0.122 e. The molecule has 0 aliphatic carbocycles. The molecule has 1 atom stereocenters. The minimum atomic E-state index is 0.671. The van der Waals surface area contributed by atoms with E-state index in [0.29, 0.717) is 6.04 Å². The largest absolute Gasteiger partial charge is 0.493 e. The lowest BCUT2D eigenvalue weighted by atomic mass is 10.1. The van der Waals surface area contributed by atoms with Crippen LogP contribution in [0.1, 0.15) is 30.4 Å². The second-order valence-corrected chi connectivity index (χ2v) is 4.70. The van der Waals surface area contributed by atoms with Gasteiger partial charge >= 0.3 is 0 Å². The summed E-state index contributed by atoms with van der Waals surface area (Å²) in [4.78, 5) is 0. The van der Waals surface area contributed by atoms with E-state index >= 15 is 0 Å². The molecule has 1 aromatic rings. The van der Waals surface area contributed by atoms with Crippen LogP contribution in [0.15, 0.2) is 18.2 Å². The molecule has 0 radical (unpaired) electrons. The third-order valence-corrected chi connectivity index (χ3v) is 3.23. The van der Waals surface area contributed by atoms with Crippen LogP contribution in [0.3, 0.4) is 0 Å². The summed E-state index contributed by atoms with van der Waals surface area (Å²) in [7, 11) is 0. The third-order valence-electron chi connectivity index (χ3n) is 3.23. The van der Waals surface area contributed by atoms with Gasteiger partial charge in [0.1, 0.15) is 5.75 Å². The second kappa shape index (κ2) is 5.35. The minimum absolute atomic E-state index is 0.671. The normalized spacial score (nSPS) is 20.0. The van der Waals surface area contributed by atoms with E-state index in [2.05, 4.69) is 37.4 Å². The topological polar surface area (TPSA) is 21.3 Å². The van der Waals surface area contributed by atoms with Crippen LogP contribution in [0.2, 0.25) is 0 Å². The van der Waals surface area contributed by atoms with Crippen molar-refractivity contribution in [1.29, 1.82) is 0 Å². The summed E-state index contributed by atoms with van der Waals surface area (Å²) >= 11 is 0. The van der Waals surface area contributed by atoms with Crippen molar-refractivity contribution in [2.24, 2.45) is 0 Å². The standard InChI is InChI=1S/C14H21NO/c1-11-5-6-12(2)14(10-11)16-9-7-13-4-3-8-15-13/h5-6,10,13,15H,3-4,7-9H2,1-2H3. The molecule has 0 saturated carbocycles. The van der Waals surface area contributed by atoms with Gasteiger partial charge in [-0.2, -0.15) is 0 Å². The van der Waals surface area contributed by atoms with Gasteiger partial charge in [0.05, 0.1) is 6.61 Å². The number of aryl methyl sites for hydroxylation is 2. The van der Waals surface area contributed by atoms with Crippen LogP contribution in [0.25, 0.3) is 0 Å². The number of benzene rings is 1. The lowest BCUT2D eigenvalue weighted by Crippen LogP contribution is -2.23. The first-order valence-corrected chi connectivity index (χ1v) is 6.19. The van der Waals surface area contributed by atoms with Crippen LogP contribution in [0, 0.1) is 13.8 Å². The van der Waals surface area contributed by atoms with Crippen LogP contribution in [0.5, 0.6) is 5.75 Å². The Morgan fingerprint density at radius 1 is 1.38 bits per heavy atom. The Labute approximate surface area is 98.0 Å². The molecule has 1 N–H and O–H groups in total. The van der Waals surface area contributed by atoms with Crippen LogP contribution in [0.4, 0.5) is 0 Å².